The van der Waals surface area contributed by atoms with Crippen LogP contribution in [0.1, 0.15) is 67.9 Å². The molecule has 28 heavy (non-hydrogen) atoms. The molecule has 2 heterocycles. The van der Waals surface area contributed by atoms with E-state index in [-0.39, 0.29) is 0 Å². The zero-order valence-corrected chi connectivity index (χ0v) is 17.1. The third-order valence-electron chi connectivity index (χ3n) is 6.46. The molecule has 4 rings (SSSR count). The maximum Gasteiger partial charge on any atom is 0.222 e. The molecule has 1 amide bonds. The van der Waals surface area contributed by atoms with Crippen molar-refractivity contribution in [3.8, 4) is 0 Å². The van der Waals surface area contributed by atoms with Gasteiger partial charge in [0.1, 0.15) is 5.82 Å². The van der Waals surface area contributed by atoms with Crippen LogP contribution in [-0.2, 0) is 17.8 Å². The summed E-state index contributed by atoms with van der Waals surface area (Å²) >= 11 is 0. The number of carbonyl (C=O) groups is 1. The third-order valence-corrected chi connectivity index (χ3v) is 6.46. The highest BCUT2D eigenvalue weighted by Gasteiger charge is 2.29. The van der Waals surface area contributed by atoms with E-state index in [1.165, 1.54) is 36.3 Å². The lowest BCUT2D eigenvalue weighted by atomic mass is 9.93. The van der Waals surface area contributed by atoms with Gasteiger partial charge in [0, 0.05) is 43.9 Å². The molecule has 2 aromatic rings. The van der Waals surface area contributed by atoms with Crippen molar-refractivity contribution in [3.63, 3.8) is 0 Å². The number of imidazole rings is 1. The summed E-state index contributed by atoms with van der Waals surface area (Å²) < 4.78 is 2.44. The second-order valence-electron chi connectivity index (χ2n) is 8.64. The van der Waals surface area contributed by atoms with Gasteiger partial charge >= 0.3 is 0 Å². The monoisotopic (exact) mass is 379 g/mol. The van der Waals surface area contributed by atoms with E-state index in [4.69, 9.17) is 0 Å². The standard InChI is InChI=1S/C24H33N3O/c1-19-18-25-24(22-10-11-22)27(19)17-14-21-12-15-26(16-13-21)23(28)9-5-8-20-6-3-2-4-7-20/h2-4,6-7,18,21-22H,5,8-17H2,1H3. The van der Waals surface area contributed by atoms with Gasteiger partial charge in [-0.1, -0.05) is 30.3 Å². The van der Waals surface area contributed by atoms with Gasteiger partial charge < -0.3 is 9.47 Å². The lowest BCUT2D eigenvalue weighted by molar-refractivity contribution is -0.132. The van der Waals surface area contributed by atoms with Gasteiger partial charge in [-0.15, -0.1) is 0 Å². The van der Waals surface area contributed by atoms with Gasteiger partial charge in [0.15, 0.2) is 0 Å². The molecular weight excluding hydrogens is 346 g/mol. The van der Waals surface area contributed by atoms with Crippen molar-refractivity contribution in [2.45, 2.75) is 70.8 Å². The van der Waals surface area contributed by atoms with Crippen LogP contribution in [0.25, 0.3) is 0 Å². The molecule has 0 radical (unpaired) electrons. The fourth-order valence-corrected chi connectivity index (χ4v) is 4.47. The van der Waals surface area contributed by atoms with Crippen LogP contribution in [0.3, 0.4) is 0 Å². The van der Waals surface area contributed by atoms with Gasteiger partial charge in [0.2, 0.25) is 5.91 Å². The molecule has 150 valence electrons. The highest BCUT2D eigenvalue weighted by atomic mass is 16.2. The molecule has 1 aromatic heterocycles. The second kappa shape index (κ2) is 8.93. The number of carbonyl (C=O) groups excluding carboxylic acids is 1. The van der Waals surface area contributed by atoms with E-state index in [1.807, 2.05) is 12.3 Å². The molecule has 1 aliphatic carbocycles. The summed E-state index contributed by atoms with van der Waals surface area (Å²) in [6.07, 6.45) is 10.8. The SMILES string of the molecule is Cc1cnc(C2CC2)n1CCC1CCN(C(=O)CCCc2ccccc2)CC1. The quantitative estimate of drug-likeness (QED) is 0.665. The number of hydrogen-bond donors (Lipinski definition) is 0. The van der Waals surface area contributed by atoms with E-state index in [0.717, 1.165) is 51.2 Å². The molecule has 2 aliphatic rings. The van der Waals surface area contributed by atoms with Crippen molar-refractivity contribution in [2.75, 3.05) is 13.1 Å². The number of rotatable bonds is 8. The predicted octanol–water partition coefficient (Wildman–Crippen LogP) is 4.72. The Morgan fingerprint density at radius 3 is 2.57 bits per heavy atom. The summed E-state index contributed by atoms with van der Waals surface area (Å²) in [5, 5.41) is 0. The number of hydrogen-bond acceptors (Lipinski definition) is 2. The Morgan fingerprint density at radius 2 is 1.86 bits per heavy atom. The van der Waals surface area contributed by atoms with E-state index in [9.17, 15) is 4.79 Å². The molecule has 1 aromatic carbocycles. The molecule has 1 saturated carbocycles. The van der Waals surface area contributed by atoms with E-state index >= 15 is 0 Å². The van der Waals surface area contributed by atoms with Crippen LogP contribution >= 0.6 is 0 Å². The van der Waals surface area contributed by atoms with Crippen molar-refractivity contribution in [1.29, 1.82) is 0 Å². The largest absolute Gasteiger partial charge is 0.343 e. The number of benzene rings is 1. The summed E-state index contributed by atoms with van der Waals surface area (Å²) in [7, 11) is 0. The van der Waals surface area contributed by atoms with Gasteiger partial charge in [-0.25, -0.2) is 4.98 Å². The van der Waals surface area contributed by atoms with Crippen molar-refractivity contribution in [2.24, 2.45) is 5.92 Å². The van der Waals surface area contributed by atoms with Crippen LogP contribution in [0.5, 0.6) is 0 Å². The molecule has 0 atom stereocenters. The molecule has 4 nitrogen and oxygen atoms in total. The van der Waals surface area contributed by atoms with Crippen LogP contribution in [0.15, 0.2) is 36.5 Å². The maximum absolute atomic E-state index is 12.5. The number of amides is 1. The van der Waals surface area contributed by atoms with Crippen LogP contribution < -0.4 is 0 Å². The molecule has 0 bridgehead atoms. The van der Waals surface area contributed by atoms with Crippen molar-refractivity contribution < 1.29 is 4.79 Å². The van der Waals surface area contributed by atoms with Crippen LogP contribution in [0.2, 0.25) is 0 Å². The Labute approximate surface area is 169 Å². The lowest BCUT2D eigenvalue weighted by Gasteiger charge is -2.32. The molecule has 4 heteroatoms. The van der Waals surface area contributed by atoms with Crippen LogP contribution in [0, 0.1) is 12.8 Å². The smallest absolute Gasteiger partial charge is 0.222 e. The van der Waals surface area contributed by atoms with Gasteiger partial charge in [0.25, 0.3) is 0 Å². The minimum atomic E-state index is 0.343. The van der Waals surface area contributed by atoms with E-state index in [2.05, 4.69) is 45.6 Å². The highest BCUT2D eigenvalue weighted by molar-refractivity contribution is 5.76. The van der Waals surface area contributed by atoms with Crippen LogP contribution in [0.4, 0.5) is 0 Å². The molecule has 0 spiro atoms. The van der Waals surface area contributed by atoms with E-state index < -0.39 is 0 Å². The molecule has 1 aliphatic heterocycles. The van der Waals surface area contributed by atoms with Crippen molar-refractivity contribution >= 4 is 5.91 Å². The highest BCUT2D eigenvalue weighted by Crippen LogP contribution is 2.39. The zero-order chi connectivity index (χ0) is 19.3. The van der Waals surface area contributed by atoms with Crippen molar-refractivity contribution in [1.82, 2.24) is 14.5 Å². The minimum Gasteiger partial charge on any atom is -0.343 e. The first kappa shape index (κ1) is 19.2. The number of nitrogens with zero attached hydrogens (tertiary/aromatic N) is 3. The number of aromatic nitrogens is 2. The Hall–Kier alpha value is -2.10. The molecule has 2 fully saturated rings. The molecular formula is C24H33N3O. The second-order valence-corrected chi connectivity index (χ2v) is 8.64. The van der Waals surface area contributed by atoms with Crippen LogP contribution in [-0.4, -0.2) is 33.4 Å². The lowest BCUT2D eigenvalue weighted by Crippen LogP contribution is -2.38. The summed E-state index contributed by atoms with van der Waals surface area (Å²) in [5.41, 5.74) is 2.63. The number of piperidine rings is 1. The normalized spacial score (nSPS) is 17.8. The molecule has 1 saturated heterocycles. The third kappa shape index (κ3) is 4.84. The topological polar surface area (TPSA) is 38.1 Å². The first-order valence-corrected chi connectivity index (χ1v) is 11.0. The number of aryl methyl sites for hydroxylation is 2. The van der Waals surface area contributed by atoms with Gasteiger partial charge in [-0.05, 0) is 63.4 Å². The number of likely N-dealkylation sites (tertiary alicyclic amines) is 1. The molecule has 0 unspecified atom stereocenters. The summed E-state index contributed by atoms with van der Waals surface area (Å²) in [4.78, 5) is 19.3. The summed E-state index contributed by atoms with van der Waals surface area (Å²) in [6.45, 7) is 5.14. The first-order valence-electron chi connectivity index (χ1n) is 11.0. The zero-order valence-electron chi connectivity index (χ0n) is 17.1. The predicted molar refractivity (Wildman–Crippen MR) is 112 cm³/mol. The Kier molecular flexibility index (Phi) is 6.13. The minimum absolute atomic E-state index is 0.343. The first-order chi connectivity index (χ1) is 13.7. The molecule has 0 N–H and O–H groups in total. The Balaban J connectivity index is 1.17. The van der Waals surface area contributed by atoms with Gasteiger partial charge in [0.05, 0.1) is 0 Å². The van der Waals surface area contributed by atoms with Gasteiger partial charge in [-0.2, -0.15) is 0 Å². The Morgan fingerprint density at radius 1 is 1.11 bits per heavy atom. The fraction of sp³-hybridized carbons (Fsp3) is 0.583. The Bertz CT molecular complexity index is 770. The summed E-state index contributed by atoms with van der Waals surface area (Å²) in [5.74, 6) is 3.10. The average molecular weight is 380 g/mol. The fourth-order valence-electron chi connectivity index (χ4n) is 4.47. The average Bonchev–Trinajstić information content (AvgIpc) is 3.50. The van der Waals surface area contributed by atoms with Gasteiger partial charge in [-0.3, -0.25) is 4.79 Å². The van der Waals surface area contributed by atoms with E-state index in [0.29, 0.717) is 18.2 Å². The maximum atomic E-state index is 12.5. The van der Waals surface area contributed by atoms with Crippen molar-refractivity contribution in [3.05, 3.63) is 53.6 Å². The summed E-state index contributed by atoms with van der Waals surface area (Å²) in [6, 6.07) is 10.5. The van der Waals surface area contributed by atoms with E-state index in [1.54, 1.807) is 0 Å².